The Morgan fingerprint density at radius 2 is 1.95 bits per heavy atom. The number of ether oxygens (including phenoxy) is 1. The second-order valence-electron chi connectivity index (χ2n) is 4.62. The molecular weight excluding hydrogens is 266 g/mol. The fourth-order valence-electron chi connectivity index (χ4n) is 2.00. The molecule has 0 aliphatic carbocycles. The smallest absolute Gasteiger partial charge is 0.205 e. The van der Waals surface area contributed by atoms with Gasteiger partial charge in [-0.15, -0.1) is 10.2 Å². The maximum atomic E-state index is 5.76. The van der Waals surface area contributed by atoms with Crippen molar-refractivity contribution in [1.29, 1.82) is 0 Å². The van der Waals surface area contributed by atoms with Crippen LogP contribution < -0.4 is 10.5 Å². The average Bonchev–Trinajstić information content (AvgIpc) is 2.97. The minimum absolute atomic E-state index is 0.555. The number of anilines is 1. The highest BCUT2D eigenvalue weighted by Gasteiger charge is 2.06. The quantitative estimate of drug-likeness (QED) is 0.740. The first kappa shape index (κ1) is 13.1. The van der Waals surface area contributed by atoms with Gasteiger partial charge in [0.2, 0.25) is 5.82 Å². The van der Waals surface area contributed by atoms with E-state index in [-0.39, 0.29) is 0 Å². The van der Waals surface area contributed by atoms with Crippen LogP contribution in [0.15, 0.2) is 48.5 Å². The molecule has 1 aromatic heterocycles. The van der Waals surface area contributed by atoms with Crippen LogP contribution in [0.25, 0.3) is 11.4 Å². The van der Waals surface area contributed by atoms with Gasteiger partial charge in [-0.3, -0.25) is 0 Å². The fourth-order valence-corrected chi connectivity index (χ4v) is 2.00. The van der Waals surface area contributed by atoms with E-state index in [0.717, 1.165) is 16.9 Å². The Morgan fingerprint density at radius 3 is 2.67 bits per heavy atom. The molecule has 0 unspecified atom stereocenters. The highest BCUT2D eigenvalue weighted by atomic mass is 16.5. The number of rotatable bonds is 4. The Morgan fingerprint density at radius 1 is 1.14 bits per heavy atom. The molecule has 0 saturated carbocycles. The molecule has 6 nitrogen and oxygen atoms in total. The molecule has 6 heteroatoms. The van der Waals surface area contributed by atoms with Gasteiger partial charge in [0.25, 0.3) is 0 Å². The van der Waals surface area contributed by atoms with E-state index in [9.17, 15) is 0 Å². The van der Waals surface area contributed by atoms with Gasteiger partial charge < -0.3 is 10.5 Å². The summed E-state index contributed by atoms with van der Waals surface area (Å²) in [5, 5.41) is 12.5. The predicted octanol–water partition coefficient (Wildman–Crippen LogP) is 1.98. The van der Waals surface area contributed by atoms with Gasteiger partial charge in [-0.1, -0.05) is 24.3 Å². The standard InChI is InChI=1S/C15H15N5O/c1-21-14-7-5-11(6-8-14)10-20-18-15(17-19-20)12-3-2-4-13(16)9-12/h2-9H,10,16H2,1H3. The molecule has 106 valence electrons. The summed E-state index contributed by atoms with van der Waals surface area (Å²) in [6.45, 7) is 0.555. The van der Waals surface area contributed by atoms with E-state index in [1.165, 1.54) is 0 Å². The molecule has 0 atom stereocenters. The van der Waals surface area contributed by atoms with Gasteiger partial charge in [-0.05, 0) is 35.0 Å². The molecule has 3 rings (SSSR count). The molecule has 2 aromatic carbocycles. The number of methoxy groups -OCH3 is 1. The van der Waals surface area contributed by atoms with Crippen LogP contribution in [-0.2, 0) is 6.54 Å². The molecule has 21 heavy (non-hydrogen) atoms. The van der Waals surface area contributed by atoms with Crippen molar-refractivity contribution in [2.75, 3.05) is 12.8 Å². The van der Waals surface area contributed by atoms with Crippen molar-refractivity contribution in [2.45, 2.75) is 6.54 Å². The largest absolute Gasteiger partial charge is 0.497 e. The van der Waals surface area contributed by atoms with E-state index in [4.69, 9.17) is 10.5 Å². The molecule has 0 aliphatic heterocycles. The summed E-state index contributed by atoms with van der Waals surface area (Å²) >= 11 is 0. The number of nitrogen functional groups attached to an aromatic ring is 1. The van der Waals surface area contributed by atoms with Crippen molar-refractivity contribution >= 4 is 5.69 Å². The van der Waals surface area contributed by atoms with Crippen molar-refractivity contribution in [2.24, 2.45) is 0 Å². The molecule has 0 radical (unpaired) electrons. The maximum absolute atomic E-state index is 5.76. The topological polar surface area (TPSA) is 78.8 Å². The first-order valence-electron chi connectivity index (χ1n) is 6.51. The third-order valence-corrected chi connectivity index (χ3v) is 3.08. The second-order valence-corrected chi connectivity index (χ2v) is 4.62. The number of tetrazole rings is 1. The Bertz CT molecular complexity index is 736. The lowest BCUT2D eigenvalue weighted by Crippen LogP contribution is -2.04. The zero-order chi connectivity index (χ0) is 14.7. The van der Waals surface area contributed by atoms with Crippen LogP contribution in [0, 0.1) is 0 Å². The minimum Gasteiger partial charge on any atom is -0.497 e. The van der Waals surface area contributed by atoms with Crippen molar-refractivity contribution < 1.29 is 4.74 Å². The zero-order valence-electron chi connectivity index (χ0n) is 11.6. The van der Waals surface area contributed by atoms with Gasteiger partial charge in [0.05, 0.1) is 13.7 Å². The van der Waals surface area contributed by atoms with Crippen LogP contribution in [-0.4, -0.2) is 27.3 Å². The minimum atomic E-state index is 0.555. The zero-order valence-corrected chi connectivity index (χ0v) is 11.6. The molecule has 0 saturated heterocycles. The highest BCUT2D eigenvalue weighted by Crippen LogP contribution is 2.17. The Kier molecular flexibility index (Phi) is 3.51. The van der Waals surface area contributed by atoms with Gasteiger partial charge >= 0.3 is 0 Å². The normalized spacial score (nSPS) is 10.5. The monoisotopic (exact) mass is 281 g/mol. The number of nitrogens with two attached hydrogens (primary N) is 1. The molecule has 0 bridgehead atoms. The lowest BCUT2D eigenvalue weighted by atomic mass is 10.2. The molecule has 2 N–H and O–H groups in total. The first-order valence-corrected chi connectivity index (χ1v) is 6.51. The van der Waals surface area contributed by atoms with E-state index in [2.05, 4.69) is 15.4 Å². The van der Waals surface area contributed by atoms with Crippen molar-refractivity contribution in [3.8, 4) is 17.1 Å². The lowest BCUT2D eigenvalue weighted by molar-refractivity contribution is 0.414. The summed E-state index contributed by atoms with van der Waals surface area (Å²) < 4.78 is 5.13. The number of aromatic nitrogens is 4. The summed E-state index contributed by atoms with van der Waals surface area (Å²) in [6, 6.07) is 15.2. The Hall–Kier alpha value is -2.89. The maximum Gasteiger partial charge on any atom is 0.205 e. The van der Waals surface area contributed by atoms with Gasteiger partial charge in [0.15, 0.2) is 0 Å². The SMILES string of the molecule is COc1ccc(Cn2nnc(-c3cccc(N)c3)n2)cc1. The van der Waals surface area contributed by atoms with Crippen LogP contribution in [0.1, 0.15) is 5.56 Å². The predicted molar refractivity (Wildman–Crippen MR) is 79.8 cm³/mol. The molecule has 0 fully saturated rings. The fraction of sp³-hybridized carbons (Fsp3) is 0.133. The van der Waals surface area contributed by atoms with Gasteiger partial charge in [-0.2, -0.15) is 4.80 Å². The second kappa shape index (κ2) is 5.62. The van der Waals surface area contributed by atoms with Crippen LogP contribution in [0.3, 0.4) is 0 Å². The first-order chi connectivity index (χ1) is 10.2. The Labute approximate surface area is 122 Å². The van der Waals surface area contributed by atoms with E-state index < -0.39 is 0 Å². The number of hydrogen-bond acceptors (Lipinski definition) is 5. The van der Waals surface area contributed by atoms with Crippen molar-refractivity contribution in [1.82, 2.24) is 20.2 Å². The highest BCUT2D eigenvalue weighted by molar-refractivity contribution is 5.60. The molecule has 0 amide bonds. The van der Waals surface area contributed by atoms with Gasteiger partial charge in [0.1, 0.15) is 5.75 Å². The lowest BCUT2D eigenvalue weighted by Gasteiger charge is -2.02. The molecular formula is C15H15N5O. The third-order valence-electron chi connectivity index (χ3n) is 3.08. The number of nitrogens with zero attached hydrogens (tertiary/aromatic N) is 4. The summed E-state index contributed by atoms with van der Waals surface area (Å²) in [4.78, 5) is 1.56. The summed E-state index contributed by atoms with van der Waals surface area (Å²) in [7, 11) is 1.64. The van der Waals surface area contributed by atoms with Crippen LogP contribution in [0.5, 0.6) is 5.75 Å². The molecule has 0 spiro atoms. The van der Waals surface area contributed by atoms with Gasteiger partial charge in [0, 0.05) is 11.3 Å². The van der Waals surface area contributed by atoms with Crippen molar-refractivity contribution in [3.63, 3.8) is 0 Å². The third kappa shape index (κ3) is 3.00. The molecule has 3 aromatic rings. The summed E-state index contributed by atoms with van der Waals surface area (Å²) in [6.07, 6.45) is 0. The molecule has 1 heterocycles. The summed E-state index contributed by atoms with van der Waals surface area (Å²) in [5.41, 5.74) is 8.37. The summed E-state index contributed by atoms with van der Waals surface area (Å²) in [5.74, 6) is 1.39. The van der Waals surface area contributed by atoms with Crippen LogP contribution in [0.2, 0.25) is 0 Å². The number of hydrogen-bond donors (Lipinski definition) is 1. The van der Waals surface area contributed by atoms with Crippen LogP contribution >= 0.6 is 0 Å². The Balaban J connectivity index is 1.78. The van der Waals surface area contributed by atoms with Crippen molar-refractivity contribution in [3.05, 3.63) is 54.1 Å². The van der Waals surface area contributed by atoms with Crippen LogP contribution in [0.4, 0.5) is 5.69 Å². The average molecular weight is 281 g/mol. The van der Waals surface area contributed by atoms with E-state index in [0.29, 0.717) is 18.1 Å². The van der Waals surface area contributed by atoms with Gasteiger partial charge in [-0.25, -0.2) is 0 Å². The van der Waals surface area contributed by atoms with E-state index >= 15 is 0 Å². The van der Waals surface area contributed by atoms with E-state index in [1.807, 2.05) is 48.5 Å². The molecule has 0 aliphatic rings. The van der Waals surface area contributed by atoms with E-state index in [1.54, 1.807) is 11.9 Å². The number of benzene rings is 2.